The molecule has 1 aromatic heterocycles. The smallest absolute Gasteiger partial charge is 0.300 e. The van der Waals surface area contributed by atoms with Crippen LogP contribution in [0.3, 0.4) is 0 Å². The van der Waals surface area contributed by atoms with Crippen LogP contribution in [-0.2, 0) is 0 Å². The molecule has 0 aliphatic heterocycles. The summed E-state index contributed by atoms with van der Waals surface area (Å²) in [5, 5.41) is 2.92. The van der Waals surface area contributed by atoms with Crippen molar-refractivity contribution in [3.63, 3.8) is 0 Å². The Balaban J connectivity index is 1.98. The number of anilines is 3. The van der Waals surface area contributed by atoms with Gasteiger partial charge in [0.2, 0.25) is 0 Å². The molecular formula is C13H9BrFN3O. The molecule has 0 radical (unpaired) electrons. The second-order valence-corrected chi connectivity index (χ2v) is 4.85. The third kappa shape index (κ3) is 2.39. The number of nitrogens with one attached hydrogen (secondary N) is 1. The van der Waals surface area contributed by atoms with Crippen molar-refractivity contribution < 1.29 is 8.81 Å². The average Bonchev–Trinajstić information content (AvgIpc) is 2.75. The van der Waals surface area contributed by atoms with Crippen molar-refractivity contribution >= 4 is 44.4 Å². The zero-order valence-electron chi connectivity index (χ0n) is 9.65. The fraction of sp³-hybridized carbons (Fsp3) is 0. The Morgan fingerprint density at radius 3 is 2.89 bits per heavy atom. The van der Waals surface area contributed by atoms with Crippen LogP contribution in [0.5, 0.6) is 0 Å². The maximum atomic E-state index is 13.2. The van der Waals surface area contributed by atoms with Gasteiger partial charge >= 0.3 is 0 Å². The molecule has 0 bridgehead atoms. The molecule has 6 heteroatoms. The van der Waals surface area contributed by atoms with Crippen LogP contribution in [0.2, 0.25) is 0 Å². The van der Waals surface area contributed by atoms with Crippen LogP contribution in [-0.4, -0.2) is 4.98 Å². The number of hydrogen-bond acceptors (Lipinski definition) is 4. The molecule has 1 heterocycles. The molecule has 96 valence electrons. The number of nitrogens with zero attached hydrogens (tertiary/aromatic N) is 1. The first-order valence-electron chi connectivity index (χ1n) is 5.50. The lowest BCUT2D eigenvalue weighted by Gasteiger charge is -2.03. The summed E-state index contributed by atoms with van der Waals surface area (Å²) in [5.41, 5.74) is 8.07. The number of hydrogen-bond donors (Lipinski definition) is 2. The minimum Gasteiger partial charge on any atom is -0.423 e. The van der Waals surface area contributed by atoms with E-state index in [-0.39, 0.29) is 11.8 Å². The van der Waals surface area contributed by atoms with Gasteiger partial charge in [-0.15, -0.1) is 0 Å². The predicted molar refractivity (Wildman–Crippen MR) is 75.8 cm³/mol. The van der Waals surface area contributed by atoms with Crippen LogP contribution in [0.15, 0.2) is 45.3 Å². The molecule has 0 atom stereocenters. The first kappa shape index (κ1) is 12.0. The largest absolute Gasteiger partial charge is 0.423 e. The Hall–Kier alpha value is -2.08. The first-order chi connectivity index (χ1) is 9.11. The number of rotatable bonds is 2. The van der Waals surface area contributed by atoms with Gasteiger partial charge in [0.25, 0.3) is 6.01 Å². The van der Waals surface area contributed by atoms with E-state index in [1.54, 1.807) is 24.3 Å². The average molecular weight is 322 g/mol. The van der Waals surface area contributed by atoms with E-state index >= 15 is 0 Å². The number of halogens is 2. The van der Waals surface area contributed by atoms with Crippen molar-refractivity contribution in [1.29, 1.82) is 0 Å². The minimum absolute atomic E-state index is 0.284. The van der Waals surface area contributed by atoms with Crippen molar-refractivity contribution in [3.8, 4) is 0 Å². The quantitative estimate of drug-likeness (QED) is 0.699. The SMILES string of the molecule is Nc1ccc2nc(Nc3cc(F)ccc3Br)oc2c1. The molecule has 0 spiro atoms. The summed E-state index contributed by atoms with van der Waals surface area (Å²) in [7, 11) is 0. The second kappa shape index (κ2) is 4.55. The highest BCUT2D eigenvalue weighted by Gasteiger charge is 2.08. The van der Waals surface area contributed by atoms with E-state index in [2.05, 4.69) is 26.2 Å². The van der Waals surface area contributed by atoms with Gasteiger partial charge in [0.05, 0.1) is 5.69 Å². The second-order valence-electron chi connectivity index (χ2n) is 4.00. The Kier molecular flexibility index (Phi) is 2.87. The lowest BCUT2D eigenvalue weighted by molar-refractivity contribution is 0.620. The highest BCUT2D eigenvalue weighted by Crippen LogP contribution is 2.28. The molecule has 3 N–H and O–H groups in total. The zero-order valence-corrected chi connectivity index (χ0v) is 11.2. The van der Waals surface area contributed by atoms with Gasteiger partial charge in [0.15, 0.2) is 5.58 Å². The number of aromatic nitrogens is 1. The summed E-state index contributed by atoms with van der Waals surface area (Å²) < 4.78 is 19.4. The fourth-order valence-electron chi connectivity index (χ4n) is 1.70. The number of nitrogen functional groups attached to an aromatic ring is 1. The van der Waals surface area contributed by atoms with E-state index in [4.69, 9.17) is 10.2 Å². The molecule has 0 aliphatic rings. The Bertz CT molecular complexity index is 757. The molecule has 0 saturated heterocycles. The molecule has 19 heavy (non-hydrogen) atoms. The summed E-state index contributed by atoms with van der Waals surface area (Å²) in [4.78, 5) is 4.24. The van der Waals surface area contributed by atoms with Gasteiger partial charge in [-0.1, -0.05) is 0 Å². The maximum Gasteiger partial charge on any atom is 0.300 e. The van der Waals surface area contributed by atoms with E-state index in [9.17, 15) is 4.39 Å². The van der Waals surface area contributed by atoms with Crippen molar-refractivity contribution in [3.05, 3.63) is 46.7 Å². The van der Waals surface area contributed by atoms with E-state index in [0.29, 0.717) is 22.5 Å². The fourth-order valence-corrected chi connectivity index (χ4v) is 2.05. The molecule has 0 amide bonds. The van der Waals surface area contributed by atoms with E-state index < -0.39 is 0 Å². The molecular weight excluding hydrogens is 313 g/mol. The topological polar surface area (TPSA) is 64.1 Å². The molecule has 2 aromatic carbocycles. The number of oxazole rings is 1. The summed E-state index contributed by atoms with van der Waals surface area (Å²) in [6.07, 6.45) is 0. The van der Waals surface area contributed by atoms with Gasteiger partial charge in [-0.2, -0.15) is 4.98 Å². The molecule has 4 nitrogen and oxygen atoms in total. The standard InChI is InChI=1S/C13H9BrFN3O/c14-9-3-1-7(15)5-11(9)18-13-17-10-4-2-8(16)6-12(10)19-13/h1-6H,16H2,(H,17,18). The van der Waals surface area contributed by atoms with Crippen molar-refractivity contribution in [2.45, 2.75) is 0 Å². The number of fused-ring (bicyclic) bond motifs is 1. The highest BCUT2D eigenvalue weighted by atomic mass is 79.9. The monoisotopic (exact) mass is 321 g/mol. The van der Waals surface area contributed by atoms with Crippen LogP contribution in [0.1, 0.15) is 0 Å². The number of benzene rings is 2. The van der Waals surface area contributed by atoms with Gasteiger partial charge in [0, 0.05) is 16.2 Å². The van der Waals surface area contributed by atoms with Crippen LogP contribution >= 0.6 is 15.9 Å². The summed E-state index contributed by atoms with van der Waals surface area (Å²) in [6.45, 7) is 0. The summed E-state index contributed by atoms with van der Waals surface area (Å²) in [6, 6.07) is 9.81. The van der Waals surface area contributed by atoms with E-state index in [1.807, 2.05) is 0 Å². The van der Waals surface area contributed by atoms with Crippen LogP contribution < -0.4 is 11.1 Å². The lowest BCUT2D eigenvalue weighted by Crippen LogP contribution is -1.92. The molecule has 0 aliphatic carbocycles. The van der Waals surface area contributed by atoms with Gasteiger partial charge in [-0.25, -0.2) is 4.39 Å². The normalized spacial score (nSPS) is 10.8. The van der Waals surface area contributed by atoms with Crippen LogP contribution in [0.25, 0.3) is 11.1 Å². The van der Waals surface area contributed by atoms with Crippen molar-refractivity contribution in [2.24, 2.45) is 0 Å². The van der Waals surface area contributed by atoms with Crippen molar-refractivity contribution in [2.75, 3.05) is 11.1 Å². The number of nitrogens with two attached hydrogens (primary N) is 1. The van der Waals surface area contributed by atoms with Gasteiger partial charge in [-0.05, 0) is 46.3 Å². The third-order valence-electron chi connectivity index (χ3n) is 2.58. The summed E-state index contributed by atoms with van der Waals surface area (Å²) in [5.74, 6) is -0.342. The van der Waals surface area contributed by atoms with Crippen molar-refractivity contribution in [1.82, 2.24) is 4.98 Å². The summed E-state index contributed by atoms with van der Waals surface area (Å²) >= 11 is 3.32. The zero-order chi connectivity index (χ0) is 13.4. The first-order valence-corrected chi connectivity index (χ1v) is 6.29. The van der Waals surface area contributed by atoms with Crippen LogP contribution in [0.4, 0.5) is 21.8 Å². The van der Waals surface area contributed by atoms with Gasteiger partial charge < -0.3 is 15.5 Å². The van der Waals surface area contributed by atoms with E-state index in [0.717, 1.165) is 4.47 Å². The third-order valence-corrected chi connectivity index (χ3v) is 3.27. The minimum atomic E-state index is -0.342. The lowest BCUT2D eigenvalue weighted by atomic mass is 10.3. The Morgan fingerprint density at radius 1 is 1.21 bits per heavy atom. The van der Waals surface area contributed by atoms with Crippen LogP contribution in [0, 0.1) is 5.82 Å². The molecule has 3 aromatic rings. The molecule has 0 unspecified atom stereocenters. The maximum absolute atomic E-state index is 13.2. The van der Waals surface area contributed by atoms with Gasteiger partial charge in [-0.3, -0.25) is 0 Å². The predicted octanol–water partition coefficient (Wildman–Crippen LogP) is 4.06. The Morgan fingerprint density at radius 2 is 2.05 bits per heavy atom. The highest BCUT2D eigenvalue weighted by molar-refractivity contribution is 9.10. The molecule has 0 fully saturated rings. The van der Waals surface area contributed by atoms with E-state index in [1.165, 1.54) is 12.1 Å². The molecule has 3 rings (SSSR count). The van der Waals surface area contributed by atoms with Gasteiger partial charge in [0.1, 0.15) is 11.3 Å². The Labute approximate surface area is 116 Å². The molecule has 0 saturated carbocycles.